The summed E-state index contributed by atoms with van der Waals surface area (Å²) in [7, 11) is 0. The molecular weight excluding hydrogens is 328 g/mol. The van der Waals surface area contributed by atoms with Gasteiger partial charge in [0.2, 0.25) is 5.91 Å². The van der Waals surface area contributed by atoms with Gasteiger partial charge >= 0.3 is 0 Å². The van der Waals surface area contributed by atoms with Gasteiger partial charge in [0.05, 0.1) is 12.2 Å². The van der Waals surface area contributed by atoms with E-state index < -0.39 is 6.10 Å². The van der Waals surface area contributed by atoms with Crippen LogP contribution in [0.15, 0.2) is 48.5 Å². The number of fused-ring (bicyclic) bond motifs is 1. The number of ether oxygens (including phenoxy) is 1. The first kappa shape index (κ1) is 16.3. The van der Waals surface area contributed by atoms with Crippen molar-refractivity contribution >= 4 is 29.1 Å². The van der Waals surface area contributed by atoms with Crippen molar-refractivity contribution in [2.75, 3.05) is 11.4 Å². The molecule has 2 aromatic rings. The molecule has 1 aliphatic heterocycles. The minimum atomic E-state index is -0.740. The van der Waals surface area contributed by atoms with Crippen molar-refractivity contribution in [2.24, 2.45) is 0 Å². The lowest BCUT2D eigenvalue weighted by molar-refractivity contribution is -0.128. The highest BCUT2D eigenvalue weighted by molar-refractivity contribution is 6.30. The van der Waals surface area contributed by atoms with Crippen molar-refractivity contribution in [1.82, 2.24) is 5.32 Å². The van der Waals surface area contributed by atoms with E-state index in [9.17, 15) is 9.59 Å². The third-order valence-electron chi connectivity index (χ3n) is 3.83. The van der Waals surface area contributed by atoms with Crippen LogP contribution in [0, 0.1) is 0 Å². The highest BCUT2D eigenvalue weighted by Gasteiger charge is 2.32. The first-order chi connectivity index (χ1) is 11.5. The molecular formula is C18H17ClN2O3. The molecule has 0 radical (unpaired) electrons. The van der Waals surface area contributed by atoms with Crippen LogP contribution >= 0.6 is 11.6 Å². The maximum atomic E-state index is 12.4. The van der Waals surface area contributed by atoms with Gasteiger partial charge in [-0.05, 0) is 29.8 Å². The fraction of sp³-hybridized carbons (Fsp3) is 0.222. The Hall–Kier alpha value is -2.53. The number of hydrogen-bond donors (Lipinski definition) is 1. The summed E-state index contributed by atoms with van der Waals surface area (Å²) in [4.78, 5) is 25.8. The molecule has 2 amide bonds. The lowest BCUT2D eigenvalue weighted by atomic mass is 10.1. The van der Waals surface area contributed by atoms with Crippen molar-refractivity contribution in [2.45, 2.75) is 19.6 Å². The molecule has 1 N–H and O–H groups in total. The Morgan fingerprint density at radius 2 is 1.92 bits per heavy atom. The van der Waals surface area contributed by atoms with Gasteiger partial charge in [-0.2, -0.15) is 0 Å². The van der Waals surface area contributed by atoms with E-state index in [0.29, 0.717) is 23.0 Å². The number of amides is 2. The molecule has 124 valence electrons. The van der Waals surface area contributed by atoms with Crippen LogP contribution in [-0.4, -0.2) is 24.5 Å². The summed E-state index contributed by atoms with van der Waals surface area (Å²) < 4.78 is 5.75. The third-order valence-corrected chi connectivity index (χ3v) is 4.08. The molecule has 3 rings (SSSR count). The molecule has 1 atom stereocenters. The zero-order valence-corrected chi connectivity index (χ0v) is 13.9. The highest BCUT2D eigenvalue weighted by atomic mass is 35.5. The highest BCUT2D eigenvalue weighted by Crippen LogP contribution is 2.33. The number of carbonyl (C=O) groups is 2. The Morgan fingerprint density at radius 1 is 1.21 bits per heavy atom. The van der Waals surface area contributed by atoms with E-state index >= 15 is 0 Å². The van der Waals surface area contributed by atoms with Gasteiger partial charge < -0.3 is 15.0 Å². The van der Waals surface area contributed by atoms with Crippen LogP contribution in [0.2, 0.25) is 5.02 Å². The zero-order chi connectivity index (χ0) is 17.1. The third kappa shape index (κ3) is 3.51. The summed E-state index contributed by atoms with van der Waals surface area (Å²) in [5.41, 5.74) is 1.62. The Labute approximate surface area is 145 Å². The SMILES string of the molecule is CC(=O)N1CC(C(=O)NCc2ccc(Cl)cc2)Oc2ccccc21. The standard InChI is InChI=1S/C18H17ClN2O3/c1-12(22)21-11-17(24-16-5-3-2-4-15(16)21)18(23)20-10-13-6-8-14(19)9-7-13/h2-9,17H,10-11H2,1H3,(H,20,23). The molecule has 0 spiro atoms. The van der Waals surface area contributed by atoms with Crippen LogP contribution in [-0.2, 0) is 16.1 Å². The smallest absolute Gasteiger partial charge is 0.263 e. The van der Waals surface area contributed by atoms with Crippen LogP contribution in [0.1, 0.15) is 12.5 Å². The fourth-order valence-electron chi connectivity index (χ4n) is 2.57. The van der Waals surface area contributed by atoms with Crippen LogP contribution in [0.4, 0.5) is 5.69 Å². The van der Waals surface area contributed by atoms with E-state index in [1.165, 1.54) is 6.92 Å². The summed E-state index contributed by atoms with van der Waals surface area (Å²) in [6.07, 6.45) is -0.740. The van der Waals surface area contributed by atoms with Gasteiger partial charge in [-0.1, -0.05) is 35.9 Å². The van der Waals surface area contributed by atoms with E-state index in [-0.39, 0.29) is 18.4 Å². The molecule has 2 aromatic carbocycles. The first-order valence-electron chi connectivity index (χ1n) is 7.60. The van der Waals surface area contributed by atoms with Gasteiger partial charge in [0.15, 0.2) is 6.10 Å². The largest absolute Gasteiger partial charge is 0.477 e. The average Bonchev–Trinajstić information content (AvgIpc) is 2.59. The topological polar surface area (TPSA) is 58.6 Å². The van der Waals surface area contributed by atoms with Gasteiger partial charge in [-0.15, -0.1) is 0 Å². The lowest BCUT2D eigenvalue weighted by Gasteiger charge is -2.33. The minimum absolute atomic E-state index is 0.124. The predicted octanol–water partition coefficient (Wildman–Crippen LogP) is 2.77. The van der Waals surface area contributed by atoms with Gasteiger partial charge in [0, 0.05) is 18.5 Å². The number of anilines is 1. The number of halogens is 1. The van der Waals surface area contributed by atoms with E-state index in [0.717, 1.165) is 5.56 Å². The molecule has 0 bridgehead atoms. The zero-order valence-electron chi connectivity index (χ0n) is 13.2. The molecule has 0 aliphatic carbocycles. The number of rotatable bonds is 3. The van der Waals surface area contributed by atoms with E-state index in [1.54, 1.807) is 29.2 Å². The molecule has 1 unspecified atom stereocenters. The molecule has 1 heterocycles. The molecule has 0 aromatic heterocycles. The summed E-state index contributed by atoms with van der Waals surface area (Å²) in [6, 6.07) is 14.4. The lowest BCUT2D eigenvalue weighted by Crippen LogP contribution is -2.50. The molecule has 1 aliphatic rings. The van der Waals surface area contributed by atoms with Gasteiger partial charge in [-0.3, -0.25) is 9.59 Å². The van der Waals surface area contributed by atoms with Crippen molar-refractivity contribution < 1.29 is 14.3 Å². The summed E-state index contributed by atoms with van der Waals surface area (Å²) >= 11 is 5.84. The van der Waals surface area contributed by atoms with Crippen LogP contribution in [0.25, 0.3) is 0 Å². The average molecular weight is 345 g/mol. The molecule has 0 saturated heterocycles. The normalized spacial score (nSPS) is 16.1. The van der Waals surface area contributed by atoms with Crippen LogP contribution in [0.5, 0.6) is 5.75 Å². The Kier molecular flexibility index (Phi) is 4.71. The maximum absolute atomic E-state index is 12.4. The number of hydrogen-bond acceptors (Lipinski definition) is 3. The van der Waals surface area contributed by atoms with Gasteiger partial charge in [0.25, 0.3) is 5.91 Å². The quantitative estimate of drug-likeness (QED) is 0.931. The van der Waals surface area contributed by atoms with Crippen LogP contribution < -0.4 is 15.0 Å². The van der Waals surface area contributed by atoms with E-state index in [4.69, 9.17) is 16.3 Å². The van der Waals surface area contributed by atoms with Crippen molar-refractivity contribution in [1.29, 1.82) is 0 Å². The second kappa shape index (κ2) is 6.93. The number of nitrogens with one attached hydrogen (secondary N) is 1. The second-order valence-electron chi connectivity index (χ2n) is 5.55. The summed E-state index contributed by atoms with van der Waals surface area (Å²) in [5, 5.41) is 3.48. The van der Waals surface area contributed by atoms with Crippen LogP contribution in [0.3, 0.4) is 0 Å². The first-order valence-corrected chi connectivity index (χ1v) is 7.98. The summed E-state index contributed by atoms with van der Waals surface area (Å²) in [6.45, 7) is 2.04. The Balaban J connectivity index is 1.69. The Morgan fingerprint density at radius 3 is 2.62 bits per heavy atom. The number of para-hydroxylation sites is 2. The Bertz CT molecular complexity index is 761. The minimum Gasteiger partial charge on any atom is -0.477 e. The molecule has 5 nitrogen and oxygen atoms in total. The molecule has 24 heavy (non-hydrogen) atoms. The fourth-order valence-corrected chi connectivity index (χ4v) is 2.70. The predicted molar refractivity (Wildman–Crippen MR) is 92.2 cm³/mol. The van der Waals surface area contributed by atoms with Crippen molar-refractivity contribution in [3.63, 3.8) is 0 Å². The number of benzene rings is 2. The number of nitrogens with zero attached hydrogens (tertiary/aromatic N) is 1. The maximum Gasteiger partial charge on any atom is 0.263 e. The van der Waals surface area contributed by atoms with Crippen molar-refractivity contribution in [3.05, 3.63) is 59.1 Å². The number of carbonyl (C=O) groups excluding carboxylic acids is 2. The van der Waals surface area contributed by atoms with Gasteiger partial charge in [0.1, 0.15) is 5.75 Å². The monoisotopic (exact) mass is 344 g/mol. The van der Waals surface area contributed by atoms with Crippen molar-refractivity contribution in [3.8, 4) is 5.75 Å². The molecule has 6 heteroatoms. The molecule has 0 saturated carbocycles. The van der Waals surface area contributed by atoms with Gasteiger partial charge in [-0.25, -0.2) is 0 Å². The summed E-state index contributed by atoms with van der Waals surface area (Å²) in [5.74, 6) is 0.151. The van der Waals surface area contributed by atoms with E-state index in [1.807, 2.05) is 24.3 Å². The molecule has 0 fully saturated rings. The second-order valence-corrected chi connectivity index (χ2v) is 5.98. The van der Waals surface area contributed by atoms with E-state index in [2.05, 4.69) is 5.32 Å².